The molecule has 2 aromatic carbocycles. The van der Waals surface area contributed by atoms with Gasteiger partial charge in [0.15, 0.2) is 0 Å². The molecular weight excluding hydrogens is 390 g/mol. The fraction of sp³-hybridized carbons (Fsp3) is 0.375. The van der Waals surface area contributed by atoms with E-state index in [1.165, 1.54) is 5.56 Å². The van der Waals surface area contributed by atoms with Crippen molar-refractivity contribution < 1.29 is 9.59 Å². The van der Waals surface area contributed by atoms with Crippen molar-refractivity contribution in [2.75, 3.05) is 42.9 Å². The summed E-state index contributed by atoms with van der Waals surface area (Å²) in [6, 6.07) is 17.2. The number of rotatable bonds is 4. The first-order chi connectivity index (χ1) is 15.0. The first-order valence-corrected chi connectivity index (χ1v) is 10.7. The molecule has 7 heteroatoms. The fourth-order valence-corrected chi connectivity index (χ4v) is 4.28. The van der Waals surface area contributed by atoms with Crippen LogP contribution in [0.15, 0.2) is 48.5 Å². The van der Waals surface area contributed by atoms with Crippen LogP contribution in [0.4, 0.5) is 11.4 Å². The van der Waals surface area contributed by atoms with Crippen LogP contribution in [0.3, 0.4) is 0 Å². The maximum absolute atomic E-state index is 13.2. The molecule has 0 aromatic heterocycles. The summed E-state index contributed by atoms with van der Waals surface area (Å²) < 4.78 is 0. The maximum Gasteiger partial charge on any atom is 0.241 e. The SMILES string of the molecule is C[C@@H]1CC(=O)Nc2ccccc2N1C(=O)CN1CCN(Cc2ccc(C#N)cc2)CC1. The van der Waals surface area contributed by atoms with Crippen LogP contribution < -0.4 is 10.2 Å². The number of para-hydroxylation sites is 2. The Bertz CT molecular complexity index is 990. The van der Waals surface area contributed by atoms with Crippen LogP contribution >= 0.6 is 0 Å². The van der Waals surface area contributed by atoms with Crippen molar-refractivity contribution in [3.05, 3.63) is 59.7 Å². The molecular formula is C24H27N5O2. The highest BCUT2D eigenvalue weighted by atomic mass is 16.2. The van der Waals surface area contributed by atoms with E-state index in [4.69, 9.17) is 5.26 Å². The van der Waals surface area contributed by atoms with E-state index in [0.29, 0.717) is 24.2 Å². The second-order valence-corrected chi connectivity index (χ2v) is 8.24. The number of benzene rings is 2. The van der Waals surface area contributed by atoms with Gasteiger partial charge in [0.1, 0.15) is 0 Å². The molecule has 4 rings (SSSR count). The Morgan fingerprint density at radius 2 is 1.74 bits per heavy atom. The summed E-state index contributed by atoms with van der Waals surface area (Å²) in [4.78, 5) is 31.7. The molecule has 0 spiro atoms. The van der Waals surface area contributed by atoms with Crippen molar-refractivity contribution >= 4 is 23.2 Å². The quantitative estimate of drug-likeness (QED) is 0.827. The molecule has 31 heavy (non-hydrogen) atoms. The number of nitriles is 1. The summed E-state index contributed by atoms with van der Waals surface area (Å²) in [7, 11) is 0. The number of nitrogens with one attached hydrogen (secondary N) is 1. The van der Waals surface area contributed by atoms with E-state index in [0.717, 1.165) is 38.4 Å². The van der Waals surface area contributed by atoms with E-state index in [1.54, 1.807) is 4.90 Å². The van der Waals surface area contributed by atoms with E-state index in [1.807, 2.05) is 55.5 Å². The number of anilines is 2. The molecule has 7 nitrogen and oxygen atoms in total. The Morgan fingerprint density at radius 3 is 2.45 bits per heavy atom. The lowest BCUT2D eigenvalue weighted by atomic mass is 10.1. The van der Waals surface area contributed by atoms with Gasteiger partial charge in [0.2, 0.25) is 11.8 Å². The van der Waals surface area contributed by atoms with E-state index in [2.05, 4.69) is 21.2 Å². The lowest BCUT2D eigenvalue weighted by Crippen LogP contribution is -2.51. The largest absolute Gasteiger partial charge is 0.324 e. The topological polar surface area (TPSA) is 79.7 Å². The van der Waals surface area contributed by atoms with Crippen molar-refractivity contribution in [3.63, 3.8) is 0 Å². The molecule has 1 fully saturated rings. The van der Waals surface area contributed by atoms with Gasteiger partial charge < -0.3 is 10.2 Å². The minimum atomic E-state index is -0.186. The van der Waals surface area contributed by atoms with Gasteiger partial charge >= 0.3 is 0 Å². The molecule has 0 radical (unpaired) electrons. The highest BCUT2D eigenvalue weighted by molar-refractivity contribution is 6.04. The number of hydrogen-bond acceptors (Lipinski definition) is 5. The summed E-state index contributed by atoms with van der Waals surface area (Å²) in [5.41, 5.74) is 3.33. The summed E-state index contributed by atoms with van der Waals surface area (Å²) in [6.45, 7) is 6.54. The van der Waals surface area contributed by atoms with Gasteiger partial charge in [-0.15, -0.1) is 0 Å². The second-order valence-electron chi connectivity index (χ2n) is 8.24. The molecule has 0 unspecified atom stereocenters. The zero-order valence-corrected chi connectivity index (χ0v) is 17.8. The van der Waals surface area contributed by atoms with Crippen LogP contribution in [-0.2, 0) is 16.1 Å². The first-order valence-electron chi connectivity index (χ1n) is 10.7. The predicted octanol–water partition coefficient (Wildman–Crippen LogP) is 2.44. The molecule has 2 aliphatic heterocycles. The molecule has 2 aliphatic rings. The van der Waals surface area contributed by atoms with Crippen molar-refractivity contribution in [1.82, 2.24) is 9.80 Å². The molecule has 0 aliphatic carbocycles. The average molecular weight is 418 g/mol. The fourth-order valence-electron chi connectivity index (χ4n) is 4.28. The van der Waals surface area contributed by atoms with Gasteiger partial charge in [-0.1, -0.05) is 24.3 Å². The van der Waals surface area contributed by atoms with Crippen LogP contribution in [0.25, 0.3) is 0 Å². The van der Waals surface area contributed by atoms with Gasteiger partial charge in [-0.3, -0.25) is 19.4 Å². The van der Waals surface area contributed by atoms with Crippen LogP contribution in [-0.4, -0.2) is 60.4 Å². The Balaban J connectivity index is 1.35. The molecule has 2 aromatic rings. The maximum atomic E-state index is 13.2. The van der Waals surface area contributed by atoms with Crippen molar-refractivity contribution in [1.29, 1.82) is 5.26 Å². The van der Waals surface area contributed by atoms with E-state index in [9.17, 15) is 9.59 Å². The van der Waals surface area contributed by atoms with Crippen LogP contribution in [0.5, 0.6) is 0 Å². The zero-order chi connectivity index (χ0) is 21.8. The van der Waals surface area contributed by atoms with E-state index >= 15 is 0 Å². The highest BCUT2D eigenvalue weighted by Crippen LogP contribution is 2.31. The van der Waals surface area contributed by atoms with Crippen molar-refractivity contribution in [2.45, 2.75) is 25.9 Å². The molecule has 1 N–H and O–H groups in total. The van der Waals surface area contributed by atoms with Gasteiger partial charge in [-0.25, -0.2) is 0 Å². The normalized spacial score (nSPS) is 19.8. The third kappa shape index (κ3) is 4.93. The lowest BCUT2D eigenvalue weighted by Gasteiger charge is -2.36. The zero-order valence-electron chi connectivity index (χ0n) is 17.8. The standard InChI is InChI=1S/C24H27N5O2/c1-18-14-23(30)26-21-4-2-3-5-22(21)29(18)24(31)17-28-12-10-27(11-13-28)16-20-8-6-19(15-25)7-9-20/h2-9,18H,10-14,16-17H2,1H3,(H,26,30)/t18-/m1/s1. The monoisotopic (exact) mass is 417 g/mol. The van der Waals surface area contributed by atoms with Gasteiger partial charge in [0.25, 0.3) is 0 Å². The number of carbonyl (C=O) groups is 2. The van der Waals surface area contributed by atoms with Crippen LogP contribution in [0.1, 0.15) is 24.5 Å². The third-order valence-corrected chi connectivity index (χ3v) is 5.94. The molecule has 1 atom stereocenters. The number of carbonyl (C=O) groups excluding carboxylic acids is 2. The Labute approximate surface area is 182 Å². The van der Waals surface area contributed by atoms with E-state index < -0.39 is 0 Å². The van der Waals surface area contributed by atoms with Gasteiger partial charge in [0.05, 0.1) is 29.6 Å². The Kier molecular flexibility index (Phi) is 6.31. The number of piperazine rings is 1. The number of amides is 2. The molecule has 2 amide bonds. The smallest absolute Gasteiger partial charge is 0.241 e. The second kappa shape index (κ2) is 9.29. The molecule has 1 saturated heterocycles. The third-order valence-electron chi connectivity index (χ3n) is 5.94. The first kappa shape index (κ1) is 21.0. The summed E-state index contributed by atoms with van der Waals surface area (Å²) in [5.74, 6) is -0.0383. The minimum Gasteiger partial charge on any atom is -0.324 e. The van der Waals surface area contributed by atoms with Gasteiger partial charge in [-0.05, 0) is 36.8 Å². The van der Waals surface area contributed by atoms with E-state index in [-0.39, 0.29) is 17.9 Å². The summed E-state index contributed by atoms with van der Waals surface area (Å²) >= 11 is 0. The Hall–Kier alpha value is -3.21. The number of nitrogens with zero attached hydrogens (tertiary/aromatic N) is 4. The van der Waals surface area contributed by atoms with Crippen molar-refractivity contribution in [3.8, 4) is 6.07 Å². The van der Waals surface area contributed by atoms with Gasteiger partial charge in [0, 0.05) is 45.2 Å². The van der Waals surface area contributed by atoms with Crippen LogP contribution in [0, 0.1) is 11.3 Å². The molecule has 160 valence electrons. The summed E-state index contributed by atoms with van der Waals surface area (Å²) in [6.07, 6.45) is 0.290. The number of fused-ring (bicyclic) bond motifs is 1. The van der Waals surface area contributed by atoms with Crippen molar-refractivity contribution in [2.24, 2.45) is 0 Å². The lowest BCUT2D eigenvalue weighted by molar-refractivity contribution is -0.120. The number of hydrogen-bond donors (Lipinski definition) is 1. The average Bonchev–Trinajstić information content (AvgIpc) is 2.89. The molecule has 0 bridgehead atoms. The molecule has 0 saturated carbocycles. The summed E-state index contributed by atoms with van der Waals surface area (Å²) in [5, 5.41) is 11.8. The Morgan fingerprint density at radius 1 is 1.06 bits per heavy atom. The highest BCUT2D eigenvalue weighted by Gasteiger charge is 2.31. The van der Waals surface area contributed by atoms with Gasteiger partial charge in [-0.2, -0.15) is 5.26 Å². The predicted molar refractivity (Wildman–Crippen MR) is 120 cm³/mol. The minimum absolute atomic E-state index is 0.0250. The van der Waals surface area contributed by atoms with Crippen LogP contribution in [0.2, 0.25) is 0 Å². The molecule has 2 heterocycles.